The first-order valence-corrected chi connectivity index (χ1v) is 2.63. The monoisotopic (exact) mass is 127 g/mol. The van der Waals surface area contributed by atoms with Crippen LogP contribution in [0, 0.1) is 0 Å². The van der Waals surface area contributed by atoms with E-state index in [1.807, 2.05) is 0 Å². The predicted octanol–water partition coefficient (Wildman–Crippen LogP) is 1.11. The van der Waals surface area contributed by atoms with Gasteiger partial charge in [0.25, 0.3) is 0 Å². The largest absolute Gasteiger partial charge is 0.358 e. The van der Waals surface area contributed by atoms with Crippen molar-refractivity contribution in [3.63, 3.8) is 0 Å². The maximum atomic E-state index is 10.4. The standard InChI is InChI=1S/C6H9NO2/c1-3-5-6(8)9-7-4-2/h3-5H,1-2H3/b5-3+,7-4+. The van der Waals surface area contributed by atoms with Gasteiger partial charge in [0.05, 0.1) is 0 Å². The minimum Gasteiger partial charge on any atom is -0.314 e. The number of oxime groups is 1. The first-order valence-electron chi connectivity index (χ1n) is 2.63. The number of allylic oxidation sites excluding steroid dienone is 1. The van der Waals surface area contributed by atoms with Crippen molar-refractivity contribution in [2.45, 2.75) is 13.8 Å². The molecule has 0 spiro atoms. The molecule has 0 rings (SSSR count). The summed E-state index contributed by atoms with van der Waals surface area (Å²) in [7, 11) is 0. The molecule has 0 radical (unpaired) electrons. The van der Waals surface area contributed by atoms with E-state index in [4.69, 9.17) is 0 Å². The van der Waals surface area contributed by atoms with E-state index in [9.17, 15) is 4.79 Å². The van der Waals surface area contributed by atoms with E-state index < -0.39 is 5.97 Å². The van der Waals surface area contributed by atoms with Crippen molar-refractivity contribution in [1.82, 2.24) is 0 Å². The van der Waals surface area contributed by atoms with Crippen LogP contribution in [-0.2, 0) is 9.63 Å². The number of carbonyl (C=O) groups is 1. The van der Waals surface area contributed by atoms with Gasteiger partial charge in [-0.2, -0.15) is 0 Å². The predicted molar refractivity (Wildman–Crippen MR) is 35.1 cm³/mol. The highest BCUT2D eigenvalue weighted by molar-refractivity contribution is 5.81. The zero-order chi connectivity index (χ0) is 7.11. The molecule has 0 fully saturated rings. The van der Waals surface area contributed by atoms with Gasteiger partial charge in [0.15, 0.2) is 0 Å². The lowest BCUT2D eigenvalue weighted by atomic mass is 10.5. The lowest BCUT2D eigenvalue weighted by Gasteiger charge is -1.85. The molecule has 0 saturated carbocycles. The van der Waals surface area contributed by atoms with E-state index in [1.54, 1.807) is 19.9 Å². The minimum atomic E-state index is -0.449. The Morgan fingerprint density at radius 1 is 1.56 bits per heavy atom. The highest BCUT2D eigenvalue weighted by Crippen LogP contribution is 1.79. The molecule has 0 aliphatic carbocycles. The summed E-state index contributed by atoms with van der Waals surface area (Å²) in [6, 6.07) is 0. The molecular weight excluding hydrogens is 118 g/mol. The van der Waals surface area contributed by atoms with Gasteiger partial charge in [0.1, 0.15) is 0 Å². The summed E-state index contributed by atoms with van der Waals surface area (Å²) in [6.45, 7) is 3.40. The maximum Gasteiger partial charge on any atom is 0.358 e. The first-order chi connectivity index (χ1) is 4.31. The molecule has 9 heavy (non-hydrogen) atoms. The van der Waals surface area contributed by atoms with E-state index in [0.29, 0.717) is 0 Å². The van der Waals surface area contributed by atoms with Crippen LogP contribution < -0.4 is 0 Å². The Morgan fingerprint density at radius 2 is 2.22 bits per heavy atom. The number of nitrogens with zero attached hydrogens (tertiary/aromatic N) is 1. The molecular formula is C6H9NO2. The maximum absolute atomic E-state index is 10.4. The summed E-state index contributed by atoms with van der Waals surface area (Å²) >= 11 is 0. The molecule has 0 heterocycles. The zero-order valence-electron chi connectivity index (χ0n) is 5.50. The molecule has 0 amide bonds. The van der Waals surface area contributed by atoms with Crippen molar-refractivity contribution in [3.8, 4) is 0 Å². The second-order valence-corrected chi connectivity index (χ2v) is 1.27. The summed E-state index contributed by atoms with van der Waals surface area (Å²) in [5.41, 5.74) is 0. The van der Waals surface area contributed by atoms with Crippen LogP contribution in [0.4, 0.5) is 0 Å². The summed E-state index contributed by atoms with van der Waals surface area (Å²) in [5.74, 6) is -0.449. The SMILES string of the molecule is C/C=C/C(=O)O/N=C/C. The van der Waals surface area contributed by atoms with Crippen molar-refractivity contribution in [1.29, 1.82) is 0 Å². The topological polar surface area (TPSA) is 38.7 Å². The molecule has 0 aliphatic rings. The summed E-state index contributed by atoms with van der Waals surface area (Å²) < 4.78 is 0. The van der Waals surface area contributed by atoms with Crippen LogP contribution in [0.1, 0.15) is 13.8 Å². The smallest absolute Gasteiger partial charge is 0.314 e. The van der Waals surface area contributed by atoms with Crippen LogP contribution in [0.15, 0.2) is 17.3 Å². The highest BCUT2D eigenvalue weighted by Gasteiger charge is 1.89. The number of carbonyl (C=O) groups excluding carboxylic acids is 1. The van der Waals surface area contributed by atoms with Crippen LogP contribution in [-0.4, -0.2) is 12.2 Å². The van der Waals surface area contributed by atoms with E-state index in [1.165, 1.54) is 12.3 Å². The van der Waals surface area contributed by atoms with Crippen LogP contribution in [0.25, 0.3) is 0 Å². The van der Waals surface area contributed by atoms with Crippen LogP contribution in [0.3, 0.4) is 0 Å². The summed E-state index contributed by atoms with van der Waals surface area (Å²) in [5, 5.41) is 3.26. The third kappa shape index (κ3) is 4.74. The average molecular weight is 127 g/mol. The Morgan fingerprint density at radius 3 is 2.67 bits per heavy atom. The Bertz CT molecular complexity index is 138. The van der Waals surface area contributed by atoms with Crippen molar-refractivity contribution in [3.05, 3.63) is 12.2 Å². The number of hydrogen-bond acceptors (Lipinski definition) is 3. The van der Waals surface area contributed by atoms with Gasteiger partial charge in [0, 0.05) is 12.3 Å². The van der Waals surface area contributed by atoms with Gasteiger partial charge in [-0.05, 0) is 13.8 Å². The van der Waals surface area contributed by atoms with E-state index in [-0.39, 0.29) is 0 Å². The lowest BCUT2D eigenvalue weighted by Crippen LogP contribution is -1.92. The fourth-order valence-electron chi connectivity index (χ4n) is 0.271. The molecule has 0 saturated heterocycles. The normalized spacial score (nSPS) is 10.9. The first kappa shape index (κ1) is 7.88. The van der Waals surface area contributed by atoms with Gasteiger partial charge in [-0.15, -0.1) is 0 Å². The van der Waals surface area contributed by atoms with E-state index >= 15 is 0 Å². The Balaban J connectivity index is 3.51. The average Bonchev–Trinajstić information content (AvgIpc) is 1.85. The molecule has 0 aromatic carbocycles. The molecule has 0 aromatic heterocycles. The molecule has 0 atom stereocenters. The quantitative estimate of drug-likeness (QED) is 0.241. The summed E-state index contributed by atoms with van der Waals surface area (Å²) in [4.78, 5) is 14.7. The van der Waals surface area contributed by atoms with Gasteiger partial charge < -0.3 is 4.84 Å². The third-order valence-electron chi connectivity index (χ3n) is 0.551. The zero-order valence-corrected chi connectivity index (χ0v) is 5.50. The minimum absolute atomic E-state index is 0.449. The molecule has 0 bridgehead atoms. The molecule has 50 valence electrons. The van der Waals surface area contributed by atoms with Crippen LogP contribution in [0.2, 0.25) is 0 Å². The van der Waals surface area contributed by atoms with Crippen LogP contribution >= 0.6 is 0 Å². The fraction of sp³-hybridized carbons (Fsp3) is 0.333. The van der Waals surface area contributed by atoms with Gasteiger partial charge in [0.2, 0.25) is 0 Å². The highest BCUT2D eigenvalue weighted by atomic mass is 16.7. The van der Waals surface area contributed by atoms with Gasteiger partial charge in [-0.3, -0.25) is 0 Å². The molecule has 3 heteroatoms. The second kappa shape index (κ2) is 5.03. The lowest BCUT2D eigenvalue weighted by molar-refractivity contribution is -0.137. The van der Waals surface area contributed by atoms with E-state index in [2.05, 4.69) is 9.99 Å². The van der Waals surface area contributed by atoms with Crippen molar-refractivity contribution in [2.24, 2.45) is 5.16 Å². The van der Waals surface area contributed by atoms with Gasteiger partial charge >= 0.3 is 5.97 Å². The Labute approximate surface area is 54.0 Å². The fourth-order valence-corrected chi connectivity index (χ4v) is 0.271. The third-order valence-corrected chi connectivity index (χ3v) is 0.551. The molecule has 3 nitrogen and oxygen atoms in total. The number of hydrogen-bond donors (Lipinski definition) is 0. The van der Waals surface area contributed by atoms with Gasteiger partial charge in [-0.1, -0.05) is 11.2 Å². The molecule has 0 aromatic rings. The molecule has 0 unspecified atom stereocenters. The van der Waals surface area contributed by atoms with Crippen molar-refractivity contribution < 1.29 is 9.63 Å². The van der Waals surface area contributed by atoms with Crippen LogP contribution in [0.5, 0.6) is 0 Å². The summed E-state index contributed by atoms with van der Waals surface area (Å²) in [6.07, 6.45) is 4.29. The van der Waals surface area contributed by atoms with Crippen molar-refractivity contribution in [2.75, 3.05) is 0 Å². The Hall–Kier alpha value is -1.12. The van der Waals surface area contributed by atoms with Gasteiger partial charge in [-0.25, -0.2) is 4.79 Å². The Kier molecular flexibility index (Phi) is 4.40. The molecule has 0 aliphatic heterocycles. The molecule has 0 N–H and O–H groups in total. The number of rotatable bonds is 2. The van der Waals surface area contributed by atoms with Crippen molar-refractivity contribution >= 4 is 12.2 Å². The van der Waals surface area contributed by atoms with E-state index in [0.717, 1.165) is 0 Å². The second-order valence-electron chi connectivity index (χ2n) is 1.27.